The number of hydrogen-bond donors (Lipinski definition) is 2. The standard InChI is InChI=1S/C26H32N4O/c1-5-12-29(4)14-11-28-25-9-7-23(16-22(25)18-27)30-13-10-21(17-26(30)31)24-8-6-19(2)15-20(24)3/h6-10,13,15-18,27-28H,5,11-12,14H2,1-4H3. The smallest absolute Gasteiger partial charge is 0.255 e. The third kappa shape index (κ3) is 5.50. The lowest BCUT2D eigenvalue weighted by atomic mass is 9.99. The highest BCUT2D eigenvalue weighted by Gasteiger charge is 2.08. The Hall–Kier alpha value is -3.18. The largest absolute Gasteiger partial charge is 0.383 e. The summed E-state index contributed by atoms with van der Waals surface area (Å²) in [7, 11) is 2.11. The van der Waals surface area contributed by atoms with Gasteiger partial charge in [0.25, 0.3) is 5.56 Å². The van der Waals surface area contributed by atoms with Crippen LogP contribution >= 0.6 is 0 Å². The molecule has 5 heteroatoms. The van der Waals surface area contributed by atoms with Crippen LogP contribution in [0.3, 0.4) is 0 Å². The summed E-state index contributed by atoms with van der Waals surface area (Å²) >= 11 is 0. The molecule has 1 aromatic heterocycles. The Kier molecular flexibility index (Phi) is 7.42. The van der Waals surface area contributed by atoms with Gasteiger partial charge in [0.05, 0.1) is 0 Å². The van der Waals surface area contributed by atoms with Crippen LogP contribution in [-0.4, -0.2) is 42.4 Å². The molecule has 31 heavy (non-hydrogen) atoms. The fourth-order valence-corrected chi connectivity index (χ4v) is 3.85. The maximum Gasteiger partial charge on any atom is 0.255 e. The van der Waals surface area contributed by atoms with Crippen LogP contribution in [0.25, 0.3) is 16.8 Å². The van der Waals surface area contributed by atoms with Crippen LogP contribution in [0.2, 0.25) is 0 Å². The SMILES string of the molecule is CCCN(C)CCNc1ccc(-n2ccc(-c3ccc(C)cc3C)cc2=O)cc1C=N. The first-order valence-electron chi connectivity index (χ1n) is 10.8. The van der Waals surface area contributed by atoms with Crippen LogP contribution in [0.15, 0.2) is 59.5 Å². The van der Waals surface area contributed by atoms with Crippen molar-refractivity contribution in [3.05, 3.63) is 81.8 Å². The first kappa shape index (κ1) is 22.5. The second kappa shape index (κ2) is 10.2. The average molecular weight is 417 g/mol. The maximum atomic E-state index is 12.9. The van der Waals surface area contributed by atoms with E-state index in [-0.39, 0.29) is 5.56 Å². The number of anilines is 1. The van der Waals surface area contributed by atoms with E-state index in [1.165, 1.54) is 11.8 Å². The minimum atomic E-state index is -0.0877. The number of likely N-dealkylation sites (N-methyl/N-ethyl adjacent to an activating group) is 1. The van der Waals surface area contributed by atoms with Crippen molar-refractivity contribution < 1.29 is 0 Å². The molecule has 0 saturated heterocycles. The third-order valence-corrected chi connectivity index (χ3v) is 5.50. The molecule has 0 saturated carbocycles. The van der Waals surface area contributed by atoms with Crippen LogP contribution in [0.5, 0.6) is 0 Å². The lowest BCUT2D eigenvalue weighted by Gasteiger charge is -2.17. The average Bonchev–Trinajstić information content (AvgIpc) is 2.74. The van der Waals surface area contributed by atoms with E-state index < -0.39 is 0 Å². The van der Waals surface area contributed by atoms with Crippen molar-refractivity contribution in [1.82, 2.24) is 9.47 Å². The molecule has 0 amide bonds. The number of aromatic nitrogens is 1. The van der Waals surface area contributed by atoms with Crippen LogP contribution in [0, 0.1) is 19.3 Å². The van der Waals surface area contributed by atoms with Gasteiger partial charge in [0, 0.05) is 48.5 Å². The molecule has 0 bridgehead atoms. The zero-order valence-corrected chi connectivity index (χ0v) is 18.9. The van der Waals surface area contributed by atoms with Gasteiger partial charge in [-0.05, 0) is 74.8 Å². The summed E-state index contributed by atoms with van der Waals surface area (Å²) in [6, 6.07) is 15.6. The molecule has 3 aromatic rings. The Balaban J connectivity index is 1.82. The number of rotatable bonds is 9. The van der Waals surface area contributed by atoms with E-state index in [9.17, 15) is 4.79 Å². The molecule has 0 aliphatic heterocycles. The van der Waals surface area contributed by atoms with Crippen LogP contribution in [0.4, 0.5) is 5.69 Å². The molecule has 0 aliphatic rings. The zero-order chi connectivity index (χ0) is 22.4. The monoisotopic (exact) mass is 416 g/mol. The molecule has 5 nitrogen and oxygen atoms in total. The van der Waals surface area contributed by atoms with Gasteiger partial charge >= 0.3 is 0 Å². The Morgan fingerprint density at radius 1 is 1.06 bits per heavy atom. The Labute approximate surface area is 184 Å². The van der Waals surface area contributed by atoms with Crippen LogP contribution in [-0.2, 0) is 0 Å². The summed E-state index contributed by atoms with van der Waals surface area (Å²) in [5.41, 5.74) is 6.69. The van der Waals surface area contributed by atoms with Gasteiger partial charge in [0.2, 0.25) is 0 Å². The molecule has 0 radical (unpaired) electrons. The quantitative estimate of drug-likeness (QED) is 0.489. The highest BCUT2D eigenvalue weighted by atomic mass is 16.1. The number of nitrogens with one attached hydrogen (secondary N) is 2. The number of aryl methyl sites for hydroxylation is 2. The third-order valence-electron chi connectivity index (χ3n) is 5.50. The predicted octanol–water partition coefficient (Wildman–Crippen LogP) is 4.87. The minimum Gasteiger partial charge on any atom is -0.383 e. The molecule has 2 aromatic carbocycles. The van der Waals surface area contributed by atoms with Gasteiger partial charge in [-0.25, -0.2) is 0 Å². The van der Waals surface area contributed by atoms with Crippen molar-refractivity contribution in [2.45, 2.75) is 27.2 Å². The fraction of sp³-hybridized carbons (Fsp3) is 0.308. The van der Waals surface area contributed by atoms with Gasteiger partial charge in [0.1, 0.15) is 0 Å². The predicted molar refractivity (Wildman–Crippen MR) is 131 cm³/mol. The number of benzene rings is 2. The summed E-state index contributed by atoms with van der Waals surface area (Å²) in [6.45, 7) is 9.12. The first-order chi connectivity index (χ1) is 14.9. The minimum absolute atomic E-state index is 0.0877. The van der Waals surface area contributed by atoms with E-state index in [4.69, 9.17) is 5.41 Å². The molecule has 2 N–H and O–H groups in total. The highest BCUT2D eigenvalue weighted by molar-refractivity contribution is 5.86. The Morgan fingerprint density at radius 3 is 2.55 bits per heavy atom. The second-order valence-electron chi connectivity index (χ2n) is 8.09. The van der Waals surface area contributed by atoms with Crippen molar-refractivity contribution in [3.63, 3.8) is 0 Å². The van der Waals surface area contributed by atoms with Crippen LogP contribution in [0.1, 0.15) is 30.0 Å². The summed E-state index contributed by atoms with van der Waals surface area (Å²) in [4.78, 5) is 15.1. The van der Waals surface area contributed by atoms with Gasteiger partial charge in [-0.2, -0.15) is 0 Å². The molecule has 162 valence electrons. The molecule has 0 atom stereocenters. The fourth-order valence-electron chi connectivity index (χ4n) is 3.85. The van der Waals surface area contributed by atoms with E-state index >= 15 is 0 Å². The first-order valence-corrected chi connectivity index (χ1v) is 10.8. The summed E-state index contributed by atoms with van der Waals surface area (Å²) < 4.78 is 1.62. The number of hydrogen-bond acceptors (Lipinski definition) is 4. The molecule has 0 fully saturated rings. The van der Waals surface area contributed by atoms with Gasteiger partial charge in [-0.3, -0.25) is 9.36 Å². The number of pyridine rings is 1. The van der Waals surface area contributed by atoms with Gasteiger partial charge < -0.3 is 15.6 Å². The maximum absolute atomic E-state index is 12.9. The van der Waals surface area contributed by atoms with E-state index in [0.717, 1.165) is 59.7 Å². The van der Waals surface area contributed by atoms with E-state index in [2.05, 4.69) is 56.2 Å². The normalized spacial score (nSPS) is 11.0. The zero-order valence-electron chi connectivity index (χ0n) is 18.9. The van der Waals surface area contributed by atoms with E-state index in [0.29, 0.717) is 0 Å². The highest BCUT2D eigenvalue weighted by Crippen LogP contribution is 2.24. The van der Waals surface area contributed by atoms with Crippen molar-refractivity contribution in [2.75, 3.05) is 32.0 Å². The summed E-state index contributed by atoms with van der Waals surface area (Å²) in [5.74, 6) is 0. The molecule has 3 rings (SSSR count). The number of nitrogens with zero attached hydrogens (tertiary/aromatic N) is 2. The summed E-state index contributed by atoms with van der Waals surface area (Å²) in [6.07, 6.45) is 4.28. The second-order valence-corrected chi connectivity index (χ2v) is 8.09. The molecule has 0 spiro atoms. The van der Waals surface area contributed by atoms with Crippen molar-refractivity contribution in [3.8, 4) is 16.8 Å². The topological polar surface area (TPSA) is 61.1 Å². The Bertz CT molecular complexity index is 1120. The molecule has 1 heterocycles. The van der Waals surface area contributed by atoms with Gasteiger partial charge in [-0.1, -0.05) is 30.7 Å². The Morgan fingerprint density at radius 2 is 1.87 bits per heavy atom. The molecular formula is C26H32N4O. The van der Waals surface area contributed by atoms with Crippen molar-refractivity contribution in [2.24, 2.45) is 0 Å². The molecule has 0 aliphatic carbocycles. The van der Waals surface area contributed by atoms with Crippen LogP contribution < -0.4 is 10.9 Å². The van der Waals surface area contributed by atoms with Gasteiger partial charge in [0.15, 0.2) is 0 Å². The van der Waals surface area contributed by atoms with Crippen molar-refractivity contribution in [1.29, 1.82) is 5.41 Å². The lowest BCUT2D eigenvalue weighted by molar-refractivity contribution is 0.348. The van der Waals surface area contributed by atoms with E-state index in [1.54, 1.807) is 10.6 Å². The molecular weight excluding hydrogens is 384 g/mol. The van der Waals surface area contributed by atoms with E-state index in [1.807, 2.05) is 30.5 Å². The van der Waals surface area contributed by atoms with Crippen molar-refractivity contribution >= 4 is 11.9 Å². The lowest BCUT2D eigenvalue weighted by Crippen LogP contribution is -2.26. The summed E-state index contributed by atoms with van der Waals surface area (Å²) in [5, 5.41) is 11.2. The molecule has 0 unspecified atom stereocenters. The van der Waals surface area contributed by atoms with Gasteiger partial charge in [-0.15, -0.1) is 0 Å².